The second-order valence-corrected chi connectivity index (χ2v) is 6.03. The molecule has 0 spiro atoms. The second-order valence-electron chi connectivity index (χ2n) is 6.03. The summed E-state index contributed by atoms with van der Waals surface area (Å²) < 4.78 is 5.69. The number of nitrogens with one attached hydrogen (secondary N) is 1. The Labute approximate surface area is 94.8 Å². The van der Waals surface area contributed by atoms with Crippen LogP contribution in [0.4, 0.5) is 0 Å². The van der Waals surface area contributed by atoms with Crippen LogP contribution in [0, 0.1) is 11.3 Å². The fourth-order valence-electron chi connectivity index (χ4n) is 2.19. The van der Waals surface area contributed by atoms with E-state index in [1.54, 1.807) is 0 Å². The normalized spacial score (nSPS) is 22.6. The lowest BCUT2D eigenvalue weighted by Crippen LogP contribution is -2.34. The molecule has 1 rings (SSSR count). The molecule has 0 bridgehead atoms. The maximum Gasteiger partial charge on any atom is 0.0581 e. The van der Waals surface area contributed by atoms with Gasteiger partial charge in [-0.25, -0.2) is 0 Å². The van der Waals surface area contributed by atoms with Crippen LogP contribution in [0.25, 0.3) is 0 Å². The summed E-state index contributed by atoms with van der Waals surface area (Å²) in [6, 6.07) is 0. The van der Waals surface area contributed by atoms with Crippen LogP contribution in [0.15, 0.2) is 0 Å². The molecule has 1 saturated heterocycles. The molecule has 1 unspecified atom stereocenters. The number of hydrogen-bond donors (Lipinski definition) is 1. The Morgan fingerprint density at radius 3 is 2.67 bits per heavy atom. The van der Waals surface area contributed by atoms with Crippen molar-refractivity contribution in [2.45, 2.75) is 53.1 Å². The molecule has 2 nitrogen and oxygen atoms in total. The van der Waals surface area contributed by atoms with Gasteiger partial charge in [-0.05, 0) is 37.1 Å². The molecule has 0 aromatic heterocycles. The maximum absolute atomic E-state index is 5.69. The van der Waals surface area contributed by atoms with Crippen LogP contribution in [-0.4, -0.2) is 25.8 Å². The van der Waals surface area contributed by atoms with Gasteiger partial charge in [0, 0.05) is 13.2 Å². The van der Waals surface area contributed by atoms with Crippen molar-refractivity contribution in [2.24, 2.45) is 11.3 Å². The minimum absolute atomic E-state index is 0.365. The minimum atomic E-state index is 0.365. The van der Waals surface area contributed by atoms with E-state index in [-0.39, 0.29) is 0 Å². The largest absolute Gasteiger partial charge is 0.378 e. The Morgan fingerprint density at radius 1 is 1.40 bits per heavy atom. The van der Waals surface area contributed by atoms with Gasteiger partial charge in [0.1, 0.15) is 0 Å². The lowest BCUT2D eigenvalue weighted by molar-refractivity contribution is 0.0711. The predicted molar refractivity (Wildman–Crippen MR) is 65.1 cm³/mol. The molecule has 0 amide bonds. The molecule has 1 heterocycles. The smallest absolute Gasteiger partial charge is 0.0581 e. The average Bonchev–Trinajstić information content (AvgIpc) is 2.54. The van der Waals surface area contributed by atoms with E-state index in [2.05, 4.69) is 33.0 Å². The molecule has 1 fully saturated rings. The first-order chi connectivity index (χ1) is 6.99. The van der Waals surface area contributed by atoms with Gasteiger partial charge >= 0.3 is 0 Å². The highest BCUT2D eigenvalue weighted by Crippen LogP contribution is 2.27. The molecule has 1 aliphatic rings. The molecule has 15 heavy (non-hydrogen) atoms. The van der Waals surface area contributed by atoms with Crippen LogP contribution in [0.1, 0.15) is 47.0 Å². The van der Waals surface area contributed by atoms with Crippen LogP contribution in [0.3, 0.4) is 0 Å². The van der Waals surface area contributed by atoms with E-state index in [0.717, 1.165) is 25.6 Å². The van der Waals surface area contributed by atoms with E-state index in [1.807, 2.05) is 0 Å². The van der Waals surface area contributed by atoms with E-state index in [0.29, 0.717) is 11.5 Å². The molecule has 0 aromatic rings. The first kappa shape index (κ1) is 13.0. The van der Waals surface area contributed by atoms with Crippen molar-refractivity contribution in [3.8, 4) is 0 Å². The van der Waals surface area contributed by atoms with Gasteiger partial charge in [0.15, 0.2) is 0 Å². The summed E-state index contributed by atoms with van der Waals surface area (Å²) in [5, 5.41) is 3.54. The average molecular weight is 213 g/mol. The topological polar surface area (TPSA) is 21.3 Å². The Balaban J connectivity index is 2.18. The maximum atomic E-state index is 5.69. The zero-order chi connectivity index (χ0) is 11.3. The lowest BCUT2D eigenvalue weighted by Gasteiger charge is -2.28. The van der Waals surface area contributed by atoms with Crippen LogP contribution < -0.4 is 5.32 Å². The lowest BCUT2D eigenvalue weighted by atomic mass is 9.86. The van der Waals surface area contributed by atoms with Gasteiger partial charge in [-0.2, -0.15) is 0 Å². The summed E-state index contributed by atoms with van der Waals surface area (Å²) in [6.45, 7) is 12.4. The first-order valence-electron chi connectivity index (χ1n) is 6.32. The van der Waals surface area contributed by atoms with Gasteiger partial charge in [0.05, 0.1) is 6.10 Å². The van der Waals surface area contributed by atoms with Gasteiger partial charge in [-0.3, -0.25) is 0 Å². The minimum Gasteiger partial charge on any atom is -0.378 e. The van der Waals surface area contributed by atoms with E-state index in [9.17, 15) is 0 Å². The molecule has 0 saturated carbocycles. The van der Waals surface area contributed by atoms with Crippen molar-refractivity contribution < 1.29 is 4.74 Å². The summed E-state index contributed by atoms with van der Waals surface area (Å²) >= 11 is 0. The Hall–Kier alpha value is -0.0800. The Kier molecular flexibility index (Phi) is 5.07. The highest BCUT2D eigenvalue weighted by Gasteiger charge is 2.25. The highest BCUT2D eigenvalue weighted by atomic mass is 16.5. The number of hydrogen-bond acceptors (Lipinski definition) is 2. The van der Waals surface area contributed by atoms with Gasteiger partial charge in [-0.1, -0.05) is 27.7 Å². The van der Waals surface area contributed by atoms with Crippen molar-refractivity contribution in [3.63, 3.8) is 0 Å². The zero-order valence-electron chi connectivity index (χ0n) is 10.8. The molecule has 1 aliphatic heterocycles. The van der Waals surface area contributed by atoms with E-state index in [4.69, 9.17) is 4.74 Å². The SMILES string of the molecule is CC(C)CNCC(C)(C)CC1CCCO1. The highest BCUT2D eigenvalue weighted by molar-refractivity contribution is 4.78. The molecule has 0 aliphatic carbocycles. The molecule has 2 heteroatoms. The van der Waals surface area contributed by atoms with Crippen molar-refractivity contribution in [1.82, 2.24) is 5.32 Å². The van der Waals surface area contributed by atoms with Gasteiger partial charge < -0.3 is 10.1 Å². The van der Waals surface area contributed by atoms with Crippen molar-refractivity contribution in [2.75, 3.05) is 19.7 Å². The van der Waals surface area contributed by atoms with Gasteiger partial charge in [0.25, 0.3) is 0 Å². The molecule has 1 N–H and O–H groups in total. The third kappa shape index (κ3) is 5.53. The summed E-state index contributed by atoms with van der Waals surface area (Å²) in [5.74, 6) is 0.739. The fourth-order valence-corrected chi connectivity index (χ4v) is 2.19. The summed E-state index contributed by atoms with van der Waals surface area (Å²) in [7, 11) is 0. The quantitative estimate of drug-likeness (QED) is 0.732. The number of rotatable bonds is 6. The van der Waals surface area contributed by atoms with Crippen molar-refractivity contribution in [1.29, 1.82) is 0 Å². The Morgan fingerprint density at radius 2 is 2.13 bits per heavy atom. The van der Waals surface area contributed by atoms with E-state index in [1.165, 1.54) is 19.3 Å². The predicted octanol–water partition coefficient (Wildman–Crippen LogP) is 2.83. The molecule has 1 atom stereocenters. The van der Waals surface area contributed by atoms with Gasteiger partial charge in [-0.15, -0.1) is 0 Å². The van der Waals surface area contributed by atoms with Crippen LogP contribution in [-0.2, 0) is 4.74 Å². The fraction of sp³-hybridized carbons (Fsp3) is 1.00. The summed E-state index contributed by atoms with van der Waals surface area (Å²) in [6.07, 6.45) is 4.21. The standard InChI is InChI=1S/C13H27NO/c1-11(2)9-14-10-13(3,4)8-12-6-5-7-15-12/h11-12,14H,5-10H2,1-4H3. The summed E-state index contributed by atoms with van der Waals surface area (Å²) in [5.41, 5.74) is 0.365. The summed E-state index contributed by atoms with van der Waals surface area (Å²) in [4.78, 5) is 0. The monoisotopic (exact) mass is 213 g/mol. The van der Waals surface area contributed by atoms with E-state index < -0.39 is 0 Å². The zero-order valence-corrected chi connectivity index (χ0v) is 10.8. The molecular weight excluding hydrogens is 186 g/mol. The van der Waals surface area contributed by atoms with Crippen LogP contribution in [0.2, 0.25) is 0 Å². The van der Waals surface area contributed by atoms with Crippen LogP contribution >= 0.6 is 0 Å². The van der Waals surface area contributed by atoms with Crippen molar-refractivity contribution in [3.05, 3.63) is 0 Å². The first-order valence-corrected chi connectivity index (χ1v) is 6.32. The molecule has 0 radical (unpaired) electrons. The van der Waals surface area contributed by atoms with E-state index >= 15 is 0 Å². The van der Waals surface area contributed by atoms with Gasteiger partial charge in [0.2, 0.25) is 0 Å². The van der Waals surface area contributed by atoms with Crippen LogP contribution in [0.5, 0.6) is 0 Å². The van der Waals surface area contributed by atoms with Crippen molar-refractivity contribution >= 4 is 0 Å². The third-order valence-electron chi connectivity index (χ3n) is 2.96. The Bertz CT molecular complexity index is 171. The molecular formula is C13H27NO. The third-order valence-corrected chi connectivity index (χ3v) is 2.96. The second kappa shape index (κ2) is 5.86. The molecule has 90 valence electrons. The number of ether oxygens (including phenoxy) is 1. The molecule has 0 aromatic carbocycles.